The Morgan fingerprint density at radius 3 is 2.74 bits per heavy atom. The van der Waals surface area contributed by atoms with E-state index in [1.807, 2.05) is 16.7 Å². The molecule has 188 valence electrons. The fourth-order valence-electron chi connectivity index (χ4n) is 4.79. The van der Waals surface area contributed by atoms with Crippen LogP contribution in [0, 0.1) is 17.1 Å². The van der Waals surface area contributed by atoms with Gasteiger partial charge in [0.1, 0.15) is 23.4 Å². The molecule has 0 radical (unpaired) electrons. The summed E-state index contributed by atoms with van der Waals surface area (Å²) in [5.41, 5.74) is 1.69. The summed E-state index contributed by atoms with van der Waals surface area (Å²) in [5, 5.41) is 17.5. The summed E-state index contributed by atoms with van der Waals surface area (Å²) in [6.07, 6.45) is 0.301. The molecule has 1 amide bonds. The average molecular weight is 573 g/mol. The molecule has 0 saturated heterocycles. The van der Waals surface area contributed by atoms with Crippen LogP contribution >= 0.6 is 15.9 Å². The van der Waals surface area contributed by atoms with Crippen molar-refractivity contribution < 1.29 is 13.6 Å². The Balaban J connectivity index is 1.29. The summed E-state index contributed by atoms with van der Waals surface area (Å²) in [5.74, 6) is -0.0947. The summed E-state index contributed by atoms with van der Waals surface area (Å²) >= 11 is 3.28. The molecule has 3 aromatic heterocycles. The number of carbonyl (C=O) groups is 1. The van der Waals surface area contributed by atoms with Gasteiger partial charge < -0.3 is 13.9 Å². The lowest BCUT2D eigenvalue weighted by atomic mass is 10.0. The lowest BCUT2D eigenvalue weighted by molar-refractivity contribution is 0.0703. The summed E-state index contributed by atoms with van der Waals surface area (Å²) < 4.78 is 22.9. The fourth-order valence-corrected chi connectivity index (χ4v) is 5.10. The average Bonchev–Trinajstić information content (AvgIpc) is 3.53. The first-order chi connectivity index (χ1) is 18.4. The third-order valence-electron chi connectivity index (χ3n) is 6.58. The maximum absolute atomic E-state index is 14.9. The number of fused-ring (bicyclic) bond motifs is 2. The van der Waals surface area contributed by atoms with Gasteiger partial charge in [0, 0.05) is 24.9 Å². The number of nitrogens with one attached hydrogen (secondary N) is 1. The standard InChI is InChI=1S/C27H18BrFN6O3/c28-23-8-7-22(38-23)25-21(13-30)31-24-14-34(9-10-35(24)25)27(37)18-11-15(5-6-19(18)29)12-20-16-3-1-2-4-17(16)26(36)33-32-20/h1-8,11H,9-10,12,14H2,(H,33,36). The number of amides is 1. The Kier molecular flexibility index (Phi) is 5.88. The van der Waals surface area contributed by atoms with Crippen LogP contribution in [0.4, 0.5) is 4.39 Å². The number of hydrogen-bond donors (Lipinski definition) is 1. The number of benzene rings is 2. The molecule has 1 N–H and O–H groups in total. The van der Waals surface area contributed by atoms with Crippen molar-refractivity contribution in [2.45, 2.75) is 19.5 Å². The summed E-state index contributed by atoms with van der Waals surface area (Å²) in [6.45, 7) is 0.793. The highest BCUT2D eigenvalue weighted by atomic mass is 79.9. The number of aromatic amines is 1. The monoisotopic (exact) mass is 572 g/mol. The molecule has 0 bridgehead atoms. The summed E-state index contributed by atoms with van der Waals surface area (Å²) in [6, 6.07) is 17.1. The molecular weight excluding hydrogens is 555 g/mol. The molecule has 11 heteroatoms. The van der Waals surface area contributed by atoms with Crippen LogP contribution < -0.4 is 5.56 Å². The molecule has 0 atom stereocenters. The second-order valence-corrected chi connectivity index (χ2v) is 9.64. The molecule has 6 rings (SSSR count). The summed E-state index contributed by atoms with van der Waals surface area (Å²) in [4.78, 5) is 31.5. The zero-order chi connectivity index (χ0) is 26.4. The Hall–Kier alpha value is -4.56. The molecule has 0 unspecified atom stereocenters. The van der Waals surface area contributed by atoms with E-state index in [0.717, 1.165) is 0 Å². The third kappa shape index (κ3) is 4.09. The van der Waals surface area contributed by atoms with Gasteiger partial charge in [-0.2, -0.15) is 10.4 Å². The number of aromatic nitrogens is 4. The van der Waals surface area contributed by atoms with Crippen LogP contribution in [0.1, 0.15) is 33.1 Å². The Bertz CT molecular complexity index is 1830. The van der Waals surface area contributed by atoms with Crippen LogP contribution in [0.2, 0.25) is 0 Å². The molecule has 0 saturated carbocycles. The van der Waals surface area contributed by atoms with Crippen molar-refractivity contribution >= 4 is 32.6 Å². The Labute approximate surface area is 223 Å². The molecule has 38 heavy (non-hydrogen) atoms. The normalized spacial score (nSPS) is 12.9. The first-order valence-electron chi connectivity index (χ1n) is 11.7. The minimum Gasteiger partial charge on any atom is -0.448 e. The Morgan fingerprint density at radius 1 is 1.16 bits per heavy atom. The number of rotatable bonds is 4. The number of H-pyrrole nitrogens is 1. The first kappa shape index (κ1) is 23.8. The number of halogens is 2. The van der Waals surface area contributed by atoms with Crippen molar-refractivity contribution in [2.24, 2.45) is 0 Å². The largest absolute Gasteiger partial charge is 0.448 e. The predicted molar refractivity (Wildman–Crippen MR) is 139 cm³/mol. The maximum atomic E-state index is 14.9. The van der Waals surface area contributed by atoms with E-state index in [1.54, 1.807) is 30.3 Å². The lowest BCUT2D eigenvalue weighted by Crippen LogP contribution is -2.39. The van der Waals surface area contributed by atoms with E-state index in [0.29, 0.717) is 63.5 Å². The van der Waals surface area contributed by atoms with Gasteiger partial charge >= 0.3 is 0 Å². The number of hydrogen-bond acceptors (Lipinski definition) is 6. The topological polar surface area (TPSA) is 121 Å². The SMILES string of the molecule is N#Cc1nc2n(c1-c1ccc(Br)o1)CCN(C(=O)c1cc(Cc3n[nH]c(=O)c4ccccc34)ccc1F)C2. The molecule has 0 aliphatic carbocycles. The summed E-state index contributed by atoms with van der Waals surface area (Å²) in [7, 11) is 0. The van der Waals surface area contributed by atoms with Gasteiger partial charge in [-0.25, -0.2) is 14.5 Å². The molecule has 1 aliphatic heterocycles. The number of imidazole rings is 1. The molecular formula is C27H18BrFN6O3. The molecule has 4 heterocycles. The van der Waals surface area contributed by atoms with E-state index in [-0.39, 0.29) is 23.4 Å². The maximum Gasteiger partial charge on any atom is 0.272 e. The number of furan rings is 1. The van der Waals surface area contributed by atoms with E-state index < -0.39 is 11.7 Å². The van der Waals surface area contributed by atoms with Crippen LogP contribution in [0.25, 0.3) is 22.2 Å². The van der Waals surface area contributed by atoms with E-state index in [9.17, 15) is 19.2 Å². The van der Waals surface area contributed by atoms with Crippen molar-refractivity contribution in [2.75, 3.05) is 6.54 Å². The quantitative estimate of drug-likeness (QED) is 0.340. The minimum absolute atomic E-state index is 0.0630. The van der Waals surface area contributed by atoms with Gasteiger partial charge in [0.2, 0.25) is 0 Å². The van der Waals surface area contributed by atoms with Gasteiger partial charge in [0.05, 0.1) is 23.2 Å². The molecule has 1 aliphatic rings. The van der Waals surface area contributed by atoms with Gasteiger partial charge in [-0.3, -0.25) is 9.59 Å². The van der Waals surface area contributed by atoms with E-state index in [4.69, 9.17) is 4.42 Å². The van der Waals surface area contributed by atoms with Crippen LogP contribution in [-0.2, 0) is 19.5 Å². The molecule has 0 fully saturated rings. The predicted octanol–water partition coefficient (Wildman–Crippen LogP) is 4.40. The number of carbonyl (C=O) groups excluding carboxylic acids is 1. The van der Waals surface area contributed by atoms with Crippen LogP contribution in [-0.4, -0.2) is 37.1 Å². The molecule has 5 aromatic rings. The van der Waals surface area contributed by atoms with Gasteiger partial charge in [0.15, 0.2) is 16.1 Å². The Morgan fingerprint density at radius 2 is 1.97 bits per heavy atom. The zero-order valence-electron chi connectivity index (χ0n) is 19.7. The zero-order valence-corrected chi connectivity index (χ0v) is 21.3. The second-order valence-electron chi connectivity index (χ2n) is 8.86. The van der Waals surface area contributed by atoms with Gasteiger partial charge in [-0.05, 0) is 51.8 Å². The van der Waals surface area contributed by atoms with Crippen molar-refractivity contribution in [3.8, 4) is 17.5 Å². The number of nitriles is 1. The van der Waals surface area contributed by atoms with E-state index >= 15 is 0 Å². The van der Waals surface area contributed by atoms with Crippen LogP contribution in [0.5, 0.6) is 0 Å². The van der Waals surface area contributed by atoms with Crippen molar-refractivity contribution in [1.29, 1.82) is 5.26 Å². The van der Waals surface area contributed by atoms with Crippen molar-refractivity contribution in [3.63, 3.8) is 0 Å². The first-order valence-corrected chi connectivity index (χ1v) is 12.5. The van der Waals surface area contributed by atoms with Crippen LogP contribution in [0.3, 0.4) is 0 Å². The highest BCUT2D eigenvalue weighted by Gasteiger charge is 2.29. The molecule has 0 spiro atoms. The van der Waals surface area contributed by atoms with Gasteiger partial charge in [0.25, 0.3) is 11.5 Å². The smallest absolute Gasteiger partial charge is 0.272 e. The van der Waals surface area contributed by atoms with E-state index in [1.165, 1.54) is 17.0 Å². The van der Waals surface area contributed by atoms with Crippen molar-refractivity contribution in [3.05, 3.63) is 104 Å². The van der Waals surface area contributed by atoms with Crippen LogP contribution in [0.15, 0.2) is 68.5 Å². The molecule has 9 nitrogen and oxygen atoms in total. The minimum atomic E-state index is -0.634. The van der Waals surface area contributed by atoms with Gasteiger partial charge in [-0.1, -0.05) is 24.3 Å². The lowest BCUT2D eigenvalue weighted by Gasteiger charge is -2.28. The highest BCUT2D eigenvalue weighted by molar-refractivity contribution is 9.10. The number of nitrogens with zero attached hydrogens (tertiary/aromatic N) is 5. The highest BCUT2D eigenvalue weighted by Crippen LogP contribution is 2.31. The third-order valence-corrected chi connectivity index (χ3v) is 7.01. The van der Waals surface area contributed by atoms with Crippen molar-refractivity contribution in [1.82, 2.24) is 24.6 Å². The fraction of sp³-hybridized carbons (Fsp3) is 0.148. The molecule has 2 aromatic carbocycles. The van der Waals surface area contributed by atoms with E-state index in [2.05, 4.69) is 37.2 Å². The second kappa shape index (κ2) is 9.39. The van der Waals surface area contributed by atoms with Gasteiger partial charge in [-0.15, -0.1) is 0 Å².